The lowest BCUT2D eigenvalue weighted by atomic mass is 9.96. The molecule has 134 valence electrons. The van der Waals surface area contributed by atoms with Gasteiger partial charge in [0, 0.05) is 41.4 Å². The number of rotatable bonds is 4. The van der Waals surface area contributed by atoms with Crippen LogP contribution >= 0.6 is 24.0 Å². The van der Waals surface area contributed by atoms with Crippen LogP contribution in [0.5, 0.6) is 0 Å². The fourth-order valence-electron chi connectivity index (χ4n) is 2.10. The van der Waals surface area contributed by atoms with Crippen molar-refractivity contribution in [2.45, 2.75) is 44.7 Å². The minimum absolute atomic E-state index is 0.0431. The third-order valence-corrected chi connectivity index (χ3v) is 5.36. The zero-order chi connectivity index (χ0) is 18.8. The van der Waals surface area contributed by atoms with Gasteiger partial charge in [-0.3, -0.25) is 0 Å². The molecule has 4 nitrogen and oxygen atoms in total. The van der Waals surface area contributed by atoms with Crippen LogP contribution in [0.25, 0.3) is 0 Å². The van der Waals surface area contributed by atoms with Gasteiger partial charge in [-0.25, -0.2) is 9.97 Å². The van der Waals surface area contributed by atoms with E-state index in [0.29, 0.717) is 0 Å². The lowest BCUT2D eigenvalue weighted by molar-refractivity contribution is 0.600. The highest BCUT2D eigenvalue weighted by atomic mass is 32.2. The van der Waals surface area contributed by atoms with E-state index >= 15 is 0 Å². The first-order chi connectivity index (χ1) is 11.6. The Balaban J connectivity index is 2.15. The molecule has 0 aliphatic rings. The number of thiocarbonyl (C=S) groups is 1. The average molecular weight is 375 g/mol. The molecule has 1 N–H and O–H groups in total. The van der Waals surface area contributed by atoms with Crippen LogP contribution in [0.3, 0.4) is 0 Å². The van der Waals surface area contributed by atoms with Crippen LogP contribution in [0, 0.1) is 19.3 Å². The van der Waals surface area contributed by atoms with Gasteiger partial charge in [-0.15, -0.1) is 0 Å². The van der Waals surface area contributed by atoms with Crippen molar-refractivity contribution in [3.8, 4) is 0 Å². The Hall–Kier alpha value is -1.66. The van der Waals surface area contributed by atoms with Gasteiger partial charge in [-0.05, 0) is 49.9 Å². The molecule has 25 heavy (non-hydrogen) atoms. The zero-order valence-corrected chi connectivity index (χ0v) is 17.6. The van der Waals surface area contributed by atoms with Gasteiger partial charge in [0.2, 0.25) is 0 Å². The number of benzene rings is 1. The molecule has 0 bridgehead atoms. The maximum absolute atomic E-state index is 5.44. The number of nitrogens with one attached hydrogen (secondary N) is 1. The Morgan fingerprint density at radius 2 is 1.68 bits per heavy atom. The minimum Gasteiger partial charge on any atom is -0.362 e. The Labute approximate surface area is 160 Å². The van der Waals surface area contributed by atoms with Crippen molar-refractivity contribution in [1.82, 2.24) is 9.97 Å². The molecule has 2 rings (SSSR count). The van der Waals surface area contributed by atoms with Gasteiger partial charge >= 0.3 is 0 Å². The summed E-state index contributed by atoms with van der Waals surface area (Å²) in [6.45, 7) is 10.4. The molecule has 1 aromatic carbocycles. The predicted octanol–water partition coefficient (Wildman–Crippen LogP) is 5.10. The molecule has 0 unspecified atom stereocenters. The zero-order valence-electron chi connectivity index (χ0n) is 16.0. The second-order valence-corrected chi connectivity index (χ2v) is 8.71. The third kappa shape index (κ3) is 5.16. The highest BCUT2D eigenvalue weighted by Crippen LogP contribution is 2.29. The third-order valence-electron chi connectivity index (χ3n) is 3.77. The Morgan fingerprint density at radius 3 is 2.20 bits per heavy atom. The van der Waals surface area contributed by atoms with E-state index < -0.39 is 0 Å². The van der Waals surface area contributed by atoms with Crippen molar-refractivity contribution in [2.75, 3.05) is 24.3 Å². The molecular weight excluding hydrogens is 348 g/mol. The molecule has 1 heterocycles. The molecule has 0 atom stereocenters. The summed E-state index contributed by atoms with van der Waals surface area (Å²) < 4.78 is 0. The first-order valence-electron chi connectivity index (χ1n) is 8.20. The van der Waals surface area contributed by atoms with Crippen LogP contribution in [-0.2, 0) is 0 Å². The van der Waals surface area contributed by atoms with Crippen LogP contribution in [0.15, 0.2) is 34.3 Å². The summed E-state index contributed by atoms with van der Waals surface area (Å²) >= 11 is 7.00. The van der Waals surface area contributed by atoms with Crippen LogP contribution in [0.2, 0.25) is 0 Å². The molecule has 0 saturated carbocycles. The average Bonchev–Trinajstić information content (AvgIpc) is 2.51. The Kier molecular flexibility index (Phi) is 6.06. The lowest BCUT2D eigenvalue weighted by Gasteiger charge is -2.21. The molecule has 0 amide bonds. The normalized spacial score (nSPS) is 11.3. The van der Waals surface area contributed by atoms with E-state index in [4.69, 9.17) is 12.2 Å². The molecule has 6 heteroatoms. The first kappa shape index (κ1) is 19.7. The fourth-order valence-corrected chi connectivity index (χ4v) is 3.02. The van der Waals surface area contributed by atoms with Crippen molar-refractivity contribution in [3.63, 3.8) is 0 Å². The van der Waals surface area contributed by atoms with Crippen LogP contribution in [0.4, 0.5) is 11.5 Å². The summed E-state index contributed by atoms with van der Waals surface area (Å²) in [5.41, 5.74) is 3.08. The number of aromatic nitrogens is 2. The van der Waals surface area contributed by atoms with E-state index in [1.807, 2.05) is 38.1 Å². The van der Waals surface area contributed by atoms with E-state index in [2.05, 4.69) is 55.1 Å². The fraction of sp³-hybridized carbons (Fsp3) is 0.421. The second kappa shape index (κ2) is 7.70. The van der Waals surface area contributed by atoms with Crippen molar-refractivity contribution in [3.05, 3.63) is 35.5 Å². The molecule has 0 saturated heterocycles. The Morgan fingerprint density at radius 1 is 1.08 bits per heavy atom. The molecule has 2 aromatic rings. The molecule has 1 aromatic heterocycles. The first-order valence-corrected chi connectivity index (χ1v) is 9.42. The SMILES string of the molecule is Cc1nc(Sc2ccc(NC(=S)C(C)(C)C)cc2)nc(N(C)C)c1C. The molecule has 0 aliphatic carbocycles. The van der Waals surface area contributed by atoms with E-state index in [-0.39, 0.29) is 5.41 Å². The summed E-state index contributed by atoms with van der Waals surface area (Å²) in [5, 5.41) is 4.06. The number of aryl methyl sites for hydroxylation is 1. The van der Waals surface area contributed by atoms with Gasteiger partial charge in [0.05, 0.1) is 4.99 Å². The smallest absolute Gasteiger partial charge is 0.194 e. The maximum atomic E-state index is 5.44. The van der Waals surface area contributed by atoms with Crippen molar-refractivity contribution in [1.29, 1.82) is 0 Å². The van der Waals surface area contributed by atoms with Crippen molar-refractivity contribution < 1.29 is 0 Å². The van der Waals surface area contributed by atoms with Crippen molar-refractivity contribution in [2.24, 2.45) is 5.41 Å². The van der Waals surface area contributed by atoms with Gasteiger partial charge in [0.25, 0.3) is 0 Å². The van der Waals surface area contributed by atoms with Gasteiger partial charge in [-0.2, -0.15) is 0 Å². The van der Waals surface area contributed by atoms with Gasteiger partial charge < -0.3 is 10.2 Å². The quantitative estimate of drug-likeness (QED) is 0.593. The van der Waals surface area contributed by atoms with Crippen molar-refractivity contribution >= 4 is 40.5 Å². The molecule has 0 radical (unpaired) electrons. The van der Waals surface area contributed by atoms with Gasteiger partial charge in [0.15, 0.2) is 5.16 Å². The number of nitrogens with zero attached hydrogens (tertiary/aromatic N) is 3. The molecule has 0 fully saturated rings. The van der Waals surface area contributed by atoms with Crippen LogP contribution in [-0.4, -0.2) is 29.1 Å². The standard InChI is InChI=1S/C19H26N4S2/c1-12-13(2)20-18(22-16(12)23(6)7)25-15-10-8-14(9-11-15)21-17(24)19(3,4)5/h8-11H,1-7H3,(H,21,24). The summed E-state index contributed by atoms with van der Waals surface area (Å²) in [5.74, 6) is 0.962. The topological polar surface area (TPSA) is 41.1 Å². The predicted molar refractivity (Wildman–Crippen MR) is 112 cm³/mol. The van der Waals surface area contributed by atoms with E-state index in [9.17, 15) is 0 Å². The summed E-state index contributed by atoms with van der Waals surface area (Å²) in [6.07, 6.45) is 0. The number of anilines is 2. The summed E-state index contributed by atoms with van der Waals surface area (Å²) in [7, 11) is 4.00. The monoisotopic (exact) mass is 374 g/mol. The van der Waals surface area contributed by atoms with Gasteiger partial charge in [0.1, 0.15) is 5.82 Å². The second-order valence-electron chi connectivity index (χ2n) is 7.27. The molecule has 0 spiro atoms. The van der Waals surface area contributed by atoms with Crippen LogP contribution < -0.4 is 10.2 Å². The molecular formula is C19H26N4S2. The van der Waals surface area contributed by atoms with Gasteiger partial charge in [-0.1, -0.05) is 33.0 Å². The highest BCUT2D eigenvalue weighted by molar-refractivity contribution is 7.99. The van der Waals surface area contributed by atoms with E-state index in [1.54, 1.807) is 11.8 Å². The Bertz CT molecular complexity index is 762. The van der Waals surface area contributed by atoms with E-state index in [1.165, 1.54) is 0 Å². The lowest BCUT2D eigenvalue weighted by Crippen LogP contribution is -2.25. The highest BCUT2D eigenvalue weighted by Gasteiger charge is 2.17. The summed E-state index contributed by atoms with van der Waals surface area (Å²) in [6, 6.07) is 8.20. The van der Waals surface area contributed by atoms with Crippen LogP contribution in [0.1, 0.15) is 32.0 Å². The number of hydrogen-bond donors (Lipinski definition) is 1. The number of hydrogen-bond acceptors (Lipinski definition) is 5. The maximum Gasteiger partial charge on any atom is 0.194 e. The largest absolute Gasteiger partial charge is 0.362 e. The molecule has 0 aliphatic heterocycles. The summed E-state index contributed by atoms with van der Waals surface area (Å²) in [4.78, 5) is 13.2. The minimum atomic E-state index is -0.0431. The van der Waals surface area contributed by atoms with E-state index in [0.717, 1.165) is 37.8 Å².